The number of hydrogen-bond acceptors (Lipinski definition) is 4. The van der Waals surface area contributed by atoms with Gasteiger partial charge in [0.1, 0.15) is 11.4 Å². The van der Waals surface area contributed by atoms with Crippen LogP contribution < -0.4 is 10.5 Å². The Morgan fingerprint density at radius 1 is 1.19 bits per heavy atom. The molecule has 6 nitrogen and oxygen atoms in total. The number of carbonyl (C=O) groups excluding carboxylic acids is 1. The smallest absolute Gasteiger partial charge is 0.416 e. The lowest BCUT2D eigenvalue weighted by atomic mass is 10.1. The Labute approximate surface area is 152 Å². The van der Waals surface area contributed by atoms with Crippen molar-refractivity contribution in [1.82, 2.24) is 14.8 Å². The third-order valence-corrected chi connectivity index (χ3v) is 3.90. The van der Waals surface area contributed by atoms with Crippen molar-refractivity contribution in [3.05, 3.63) is 65.5 Å². The second kappa shape index (κ2) is 7.10. The van der Waals surface area contributed by atoms with Crippen LogP contribution in [0.4, 0.5) is 13.2 Å². The van der Waals surface area contributed by atoms with Crippen molar-refractivity contribution in [2.24, 2.45) is 5.73 Å². The van der Waals surface area contributed by atoms with E-state index >= 15 is 0 Å². The number of rotatable bonds is 5. The van der Waals surface area contributed by atoms with Gasteiger partial charge in [0.05, 0.1) is 24.9 Å². The van der Waals surface area contributed by atoms with E-state index in [0.29, 0.717) is 11.4 Å². The van der Waals surface area contributed by atoms with E-state index in [-0.39, 0.29) is 23.4 Å². The zero-order valence-electron chi connectivity index (χ0n) is 14.2. The molecule has 3 aromatic rings. The van der Waals surface area contributed by atoms with Crippen LogP contribution in [0.25, 0.3) is 11.4 Å². The van der Waals surface area contributed by atoms with Crippen LogP contribution in [0.3, 0.4) is 0 Å². The Balaban J connectivity index is 1.91. The summed E-state index contributed by atoms with van der Waals surface area (Å²) in [5.41, 5.74) is 5.59. The molecule has 2 heterocycles. The fraction of sp³-hybridized carbons (Fsp3) is 0.167. The Hall–Kier alpha value is -3.36. The van der Waals surface area contributed by atoms with E-state index in [1.54, 1.807) is 12.3 Å². The van der Waals surface area contributed by atoms with Crippen LogP contribution in [0, 0.1) is 0 Å². The van der Waals surface area contributed by atoms with Crippen molar-refractivity contribution >= 4 is 5.91 Å². The number of ether oxygens (including phenoxy) is 1. The highest BCUT2D eigenvalue weighted by Crippen LogP contribution is 2.34. The minimum absolute atomic E-state index is 0.0526. The van der Waals surface area contributed by atoms with E-state index in [0.717, 1.165) is 6.07 Å². The van der Waals surface area contributed by atoms with E-state index in [1.165, 1.54) is 42.3 Å². The van der Waals surface area contributed by atoms with Gasteiger partial charge in [-0.1, -0.05) is 6.07 Å². The molecule has 1 aromatic carbocycles. The van der Waals surface area contributed by atoms with Crippen LogP contribution in [0.5, 0.6) is 5.75 Å². The molecule has 3 rings (SSSR count). The summed E-state index contributed by atoms with van der Waals surface area (Å²) in [6, 6.07) is 8.32. The zero-order chi connectivity index (χ0) is 19.6. The van der Waals surface area contributed by atoms with Gasteiger partial charge in [0.25, 0.3) is 0 Å². The molecule has 0 saturated heterocycles. The SMILES string of the molecule is COc1ccc(Cn2ccc(-c3cc(C(N)=O)ccn3)n2)c(C(F)(F)F)c1. The maximum Gasteiger partial charge on any atom is 0.416 e. The predicted octanol–water partition coefficient (Wildman–Crippen LogP) is 3.12. The first-order valence-corrected chi connectivity index (χ1v) is 7.81. The largest absolute Gasteiger partial charge is 0.497 e. The monoisotopic (exact) mass is 376 g/mol. The number of aromatic nitrogens is 3. The van der Waals surface area contributed by atoms with Gasteiger partial charge in [-0.25, -0.2) is 0 Å². The Morgan fingerprint density at radius 3 is 2.63 bits per heavy atom. The molecule has 0 unspecified atom stereocenters. The number of nitrogens with two attached hydrogens (primary N) is 1. The summed E-state index contributed by atoms with van der Waals surface area (Å²) in [5.74, 6) is -0.481. The van der Waals surface area contributed by atoms with Gasteiger partial charge in [-0.15, -0.1) is 0 Å². The highest BCUT2D eigenvalue weighted by molar-refractivity contribution is 5.93. The molecule has 27 heavy (non-hydrogen) atoms. The van der Waals surface area contributed by atoms with Gasteiger partial charge < -0.3 is 10.5 Å². The number of primary amides is 1. The van der Waals surface area contributed by atoms with E-state index in [1.807, 2.05) is 0 Å². The van der Waals surface area contributed by atoms with E-state index in [4.69, 9.17) is 10.5 Å². The van der Waals surface area contributed by atoms with Gasteiger partial charge in [0.15, 0.2) is 0 Å². The number of hydrogen-bond donors (Lipinski definition) is 1. The van der Waals surface area contributed by atoms with Crippen LogP contribution in [0.1, 0.15) is 21.5 Å². The average molecular weight is 376 g/mol. The van der Waals surface area contributed by atoms with E-state index < -0.39 is 17.6 Å². The molecule has 0 bridgehead atoms. The van der Waals surface area contributed by atoms with Gasteiger partial charge in [0, 0.05) is 18.0 Å². The summed E-state index contributed by atoms with van der Waals surface area (Å²) in [6.45, 7) is -0.0889. The normalized spacial score (nSPS) is 11.4. The summed E-state index contributed by atoms with van der Waals surface area (Å²) in [5, 5.41) is 4.25. The maximum absolute atomic E-state index is 13.3. The van der Waals surface area contributed by atoms with Gasteiger partial charge in [-0.3, -0.25) is 14.5 Å². The topological polar surface area (TPSA) is 83.0 Å². The van der Waals surface area contributed by atoms with E-state index in [9.17, 15) is 18.0 Å². The molecule has 0 fully saturated rings. The number of benzene rings is 1. The van der Waals surface area contributed by atoms with Crippen LogP contribution in [-0.4, -0.2) is 27.8 Å². The highest BCUT2D eigenvalue weighted by atomic mass is 19.4. The average Bonchev–Trinajstić information content (AvgIpc) is 3.10. The lowest BCUT2D eigenvalue weighted by Crippen LogP contribution is -2.12. The highest BCUT2D eigenvalue weighted by Gasteiger charge is 2.33. The number of carbonyl (C=O) groups is 1. The lowest BCUT2D eigenvalue weighted by molar-refractivity contribution is -0.138. The van der Waals surface area contributed by atoms with Gasteiger partial charge in [-0.05, 0) is 35.9 Å². The first-order chi connectivity index (χ1) is 12.8. The van der Waals surface area contributed by atoms with Crippen LogP contribution in [0.2, 0.25) is 0 Å². The van der Waals surface area contributed by atoms with Crippen molar-refractivity contribution in [2.75, 3.05) is 7.11 Å². The Morgan fingerprint density at radius 2 is 1.96 bits per heavy atom. The van der Waals surface area contributed by atoms with Gasteiger partial charge >= 0.3 is 6.18 Å². The molecule has 0 aliphatic heterocycles. The molecule has 140 valence electrons. The Bertz CT molecular complexity index is 983. The summed E-state index contributed by atoms with van der Waals surface area (Å²) in [4.78, 5) is 15.4. The third-order valence-electron chi connectivity index (χ3n) is 3.90. The number of methoxy groups -OCH3 is 1. The minimum atomic E-state index is -4.52. The Kier molecular flexibility index (Phi) is 4.85. The van der Waals surface area contributed by atoms with Crippen molar-refractivity contribution < 1.29 is 22.7 Å². The van der Waals surface area contributed by atoms with Crippen LogP contribution in [0.15, 0.2) is 48.8 Å². The van der Waals surface area contributed by atoms with Gasteiger partial charge in [-0.2, -0.15) is 18.3 Å². The fourth-order valence-corrected chi connectivity index (χ4v) is 2.57. The molecular weight excluding hydrogens is 361 g/mol. The summed E-state index contributed by atoms with van der Waals surface area (Å²) >= 11 is 0. The summed E-state index contributed by atoms with van der Waals surface area (Å²) in [6.07, 6.45) is -1.56. The number of amides is 1. The van der Waals surface area contributed by atoms with Crippen molar-refractivity contribution in [2.45, 2.75) is 12.7 Å². The quantitative estimate of drug-likeness (QED) is 0.742. The van der Waals surface area contributed by atoms with Crippen molar-refractivity contribution in [1.29, 1.82) is 0 Å². The standard InChI is InChI=1S/C18H15F3N4O2/c1-27-13-3-2-12(14(9-13)18(19,20)21)10-25-7-5-15(24-25)16-8-11(17(22)26)4-6-23-16/h2-9H,10H2,1H3,(H2,22,26). The first-order valence-electron chi connectivity index (χ1n) is 7.81. The maximum atomic E-state index is 13.3. The lowest BCUT2D eigenvalue weighted by Gasteiger charge is -2.14. The van der Waals surface area contributed by atoms with Crippen molar-refractivity contribution in [3.8, 4) is 17.1 Å². The molecule has 0 saturated carbocycles. The second-order valence-electron chi connectivity index (χ2n) is 5.71. The minimum Gasteiger partial charge on any atom is -0.497 e. The number of alkyl halides is 3. The molecule has 0 radical (unpaired) electrons. The van der Waals surface area contributed by atoms with Crippen LogP contribution in [-0.2, 0) is 12.7 Å². The molecule has 1 amide bonds. The number of nitrogens with zero attached hydrogens (tertiary/aromatic N) is 3. The fourth-order valence-electron chi connectivity index (χ4n) is 2.57. The zero-order valence-corrected chi connectivity index (χ0v) is 14.2. The molecule has 0 aliphatic rings. The van der Waals surface area contributed by atoms with Gasteiger partial charge in [0.2, 0.25) is 5.91 Å². The first kappa shape index (κ1) is 18.4. The molecule has 0 atom stereocenters. The van der Waals surface area contributed by atoms with Crippen LogP contribution >= 0.6 is 0 Å². The molecule has 0 aliphatic carbocycles. The second-order valence-corrected chi connectivity index (χ2v) is 5.71. The number of halogens is 3. The van der Waals surface area contributed by atoms with Crippen molar-refractivity contribution in [3.63, 3.8) is 0 Å². The summed E-state index contributed by atoms with van der Waals surface area (Å²) < 4.78 is 46.2. The third kappa shape index (κ3) is 4.08. The van der Waals surface area contributed by atoms with E-state index in [2.05, 4.69) is 10.1 Å². The molecule has 9 heteroatoms. The number of pyridine rings is 1. The molecule has 2 aromatic heterocycles. The molecular formula is C18H15F3N4O2. The predicted molar refractivity (Wildman–Crippen MR) is 91.1 cm³/mol. The summed E-state index contributed by atoms with van der Waals surface area (Å²) in [7, 11) is 1.31. The molecule has 2 N–H and O–H groups in total. The molecule has 0 spiro atoms.